The quantitative estimate of drug-likeness (QED) is 0.760. The van der Waals surface area contributed by atoms with Crippen LogP contribution in [-0.2, 0) is 0 Å². The first-order valence-corrected chi connectivity index (χ1v) is 7.06. The van der Waals surface area contributed by atoms with E-state index in [2.05, 4.69) is 10.3 Å². The highest BCUT2D eigenvalue weighted by atomic mass is 16.2. The smallest absolute Gasteiger partial charge is 0.261 e. The van der Waals surface area contributed by atoms with Gasteiger partial charge in [-0.15, -0.1) is 0 Å². The van der Waals surface area contributed by atoms with Crippen molar-refractivity contribution >= 4 is 22.5 Å². The molecule has 0 saturated carbocycles. The number of fused-ring (bicyclic) bond motifs is 1. The minimum Gasteiger partial charge on any atom is -0.360 e. The molecule has 1 heterocycles. The topological polar surface area (TPSA) is 62.0 Å². The van der Waals surface area contributed by atoms with Gasteiger partial charge in [0.15, 0.2) is 0 Å². The van der Waals surface area contributed by atoms with Crippen LogP contribution in [0.25, 0.3) is 10.9 Å². The molecule has 3 rings (SSSR count). The van der Waals surface area contributed by atoms with E-state index in [-0.39, 0.29) is 11.0 Å². The Kier molecular flexibility index (Phi) is 3.51. The van der Waals surface area contributed by atoms with Crippen LogP contribution in [-0.4, -0.2) is 10.9 Å². The monoisotopic (exact) mass is 292 g/mol. The molecule has 1 amide bonds. The fourth-order valence-electron chi connectivity index (χ4n) is 2.53. The van der Waals surface area contributed by atoms with Crippen molar-refractivity contribution in [3.63, 3.8) is 0 Å². The standard InChI is InChI=1S/C18H16N2O2/c1-11-6-5-7-12(2)16(11)20-18(22)14-10-19-15-9-4-3-8-13(15)17(14)21/h3-10H,1-2H3,(H,19,21)(H,20,22). The van der Waals surface area contributed by atoms with Crippen molar-refractivity contribution in [2.75, 3.05) is 5.32 Å². The molecule has 0 spiro atoms. The molecule has 0 radical (unpaired) electrons. The van der Waals surface area contributed by atoms with Gasteiger partial charge in [0.25, 0.3) is 5.91 Å². The molecule has 1 aromatic heterocycles. The van der Waals surface area contributed by atoms with Crippen molar-refractivity contribution in [1.82, 2.24) is 4.98 Å². The van der Waals surface area contributed by atoms with E-state index >= 15 is 0 Å². The third kappa shape index (κ3) is 2.39. The summed E-state index contributed by atoms with van der Waals surface area (Å²) in [6.45, 7) is 3.85. The summed E-state index contributed by atoms with van der Waals surface area (Å²) in [5.74, 6) is -0.399. The van der Waals surface area contributed by atoms with Crippen LogP contribution < -0.4 is 10.7 Å². The second kappa shape index (κ2) is 5.48. The number of benzene rings is 2. The Labute approximate surface area is 127 Å². The van der Waals surface area contributed by atoms with Crippen LogP contribution in [0.5, 0.6) is 0 Å². The molecule has 0 aliphatic rings. The normalized spacial score (nSPS) is 10.6. The van der Waals surface area contributed by atoms with Crippen LogP contribution in [0.3, 0.4) is 0 Å². The van der Waals surface area contributed by atoms with Crippen molar-refractivity contribution in [2.24, 2.45) is 0 Å². The van der Waals surface area contributed by atoms with E-state index in [0.717, 1.165) is 22.3 Å². The number of nitrogens with one attached hydrogen (secondary N) is 2. The molecule has 4 nitrogen and oxygen atoms in total. The second-order valence-corrected chi connectivity index (χ2v) is 5.30. The van der Waals surface area contributed by atoms with Gasteiger partial charge in [0.2, 0.25) is 5.43 Å². The van der Waals surface area contributed by atoms with Crippen LogP contribution in [0.4, 0.5) is 5.69 Å². The number of pyridine rings is 1. The van der Waals surface area contributed by atoms with Gasteiger partial charge in [-0.2, -0.15) is 0 Å². The minimum atomic E-state index is -0.399. The summed E-state index contributed by atoms with van der Waals surface area (Å²) in [6, 6.07) is 12.9. The predicted molar refractivity (Wildman–Crippen MR) is 88.4 cm³/mol. The zero-order valence-corrected chi connectivity index (χ0v) is 12.4. The molecule has 0 bridgehead atoms. The number of aryl methyl sites for hydroxylation is 2. The van der Waals surface area contributed by atoms with Gasteiger partial charge in [0.05, 0.1) is 0 Å². The molecule has 0 aliphatic carbocycles. The van der Waals surface area contributed by atoms with E-state index in [9.17, 15) is 9.59 Å². The number of hydrogen-bond acceptors (Lipinski definition) is 2. The summed E-state index contributed by atoms with van der Waals surface area (Å²) in [7, 11) is 0. The number of hydrogen-bond donors (Lipinski definition) is 2. The number of H-pyrrole nitrogens is 1. The Balaban J connectivity index is 2.03. The average molecular weight is 292 g/mol. The van der Waals surface area contributed by atoms with Gasteiger partial charge in [-0.3, -0.25) is 9.59 Å². The molecule has 0 atom stereocenters. The predicted octanol–water partition coefficient (Wildman–Crippen LogP) is 3.40. The lowest BCUT2D eigenvalue weighted by Crippen LogP contribution is -2.22. The van der Waals surface area contributed by atoms with Gasteiger partial charge in [0, 0.05) is 22.8 Å². The summed E-state index contributed by atoms with van der Waals surface area (Å²) in [4.78, 5) is 27.9. The number of para-hydroxylation sites is 2. The molecule has 2 N–H and O–H groups in total. The molecular formula is C18H16N2O2. The number of anilines is 1. The Hall–Kier alpha value is -2.88. The number of carbonyl (C=O) groups is 1. The van der Waals surface area contributed by atoms with Gasteiger partial charge in [-0.25, -0.2) is 0 Å². The van der Waals surface area contributed by atoms with Crippen LogP contribution in [0.2, 0.25) is 0 Å². The van der Waals surface area contributed by atoms with Gasteiger partial charge in [0.1, 0.15) is 5.56 Å². The summed E-state index contributed by atoms with van der Waals surface area (Å²) < 4.78 is 0. The van der Waals surface area contributed by atoms with Gasteiger partial charge in [-0.1, -0.05) is 30.3 Å². The molecule has 0 saturated heterocycles. The summed E-state index contributed by atoms with van der Waals surface area (Å²) in [5.41, 5.74) is 3.24. The molecule has 0 aliphatic heterocycles. The maximum absolute atomic E-state index is 12.5. The summed E-state index contributed by atoms with van der Waals surface area (Å²) >= 11 is 0. The van der Waals surface area contributed by atoms with Gasteiger partial charge >= 0.3 is 0 Å². The van der Waals surface area contributed by atoms with Gasteiger partial charge in [-0.05, 0) is 37.1 Å². The number of carbonyl (C=O) groups excluding carboxylic acids is 1. The van der Waals surface area contributed by atoms with Crippen molar-refractivity contribution in [2.45, 2.75) is 13.8 Å². The van der Waals surface area contributed by atoms with Crippen LogP contribution in [0.15, 0.2) is 53.5 Å². The van der Waals surface area contributed by atoms with Crippen LogP contribution in [0, 0.1) is 13.8 Å². The molecule has 0 unspecified atom stereocenters. The van der Waals surface area contributed by atoms with E-state index in [1.807, 2.05) is 44.2 Å². The third-order valence-electron chi connectivity index (χ3n) is 3.75. The Morgan fingerprint density at radius 2 is 1.68 bits per heavy atom. The summed E-state index contributed by atoms with van der Waals surface area (Å²) in [6.07, 6.45) is 1.47. The van der Waals surface area contributed by atoms with E-state index in [0.29, 0.717) is 5.39 Å². The maximum Gasteiger partial charge on any atom is 0.261 e. The fourth-order valence-corrected chi connectivity index (χ4v) is 2.53. The molecule has 3 aromatic rings. The fraction of sp³-hybridized carbons (Fsp3) is 0.111. The van der Waals surface area contributed by atoms with Gasteiger partial charge < -0.3 is 10.3 Å². The molecule has 0 fully saturated rings. The van der Waals surface area contributed by atoms with Crippen molar-refractivity contribution in [3.05, 3.63) is 75.6 Å². The molecule has 4 heteroatoms. The number of aromatic amines is 1. The first-order chi connectivity index (χ1) is 10.6. The lowest BCUT2D eigenvalue weighted by molar-refractivity contribution is 0.102. The average Bonchev–Trinajstić information content (AvgIpc) is 2.51. The second-order valence-electron chi connectivity index (χ2n) is 5.30. The van der Waals surface area contributed by atoms with Crippen molar-refractivity contribution in [1.29, 1.82) is 0 Å². The van der Waals surface area contributed by atoms with Crippen LogP contribution in [0.1, 0.15) is 21.5 Å². The first kappa shape index (κ1) is 14.1. The van der Waals surface area contributed by atoms with Crippen molar-refractivity contribution in [3.8, 4) is 0 Å². The zero-order valence-electron chi connectivity index (χ0n) is 12.4. The number of rotatable bonds is 2. The Bertz CT molecular complexity index is 906. The lowest BCUT2D eigenvalue weighted by Gasteiger charge is -2.11. The van der Waals surface area contributed by atoms with E-state index in [1.54, 1.807) is 12.1 Å². The van der Waals surface area contributed by atoms with Crippen molar-refractivity contribution < 1.29 is 4.79 Å². The molecule has 2 aromatic carbocycles. The zero-order chi connectivity index (χ0) is 15.7. The minimum absolute atomic E-state index is 0.112. The largest absolute Gasteiger partial charge is 0.360 e. The molecular weight excluding hydrogens is 276 g/mol. The highest BCUT2D eigenvalue weighted by Crippen LogP contribution is 2.20. The highest BCUT2D eigenvalue weighted by Gasteiger charge is 2.14. The lowest BCUT2D eigenvalue weighted by atomic mass is 10.1. The van der Waals surface area contributed by atoms with E-state index in [4.69, 9.17) is 0 Å². The highest BCUT2D eigenvalue weighted by molar-refractivity contribution is 6.06. The first-order valence-electron chi connectivity index (χ1n) is 7.06. The van der Waals surface area contributed by atoms with E-state index in [1.165, 1.54) is 6.20 Å². The Morgan fingerprint density at radius 3 is 2.41 bits per heavy atom. The number of amides is 1. The van der Waals surface area contributed by atoms with Crippen LogP contribution >= 0.6 is 0 Å². The number of aromatic nitrogens is 1. The molecule has 22 heavy (non-hydrogen) atoms. The SMILES string of the molecule is Cc1cccc(C)c1NC(=O)c1c[nH]c2ccccc2c1=O. The Morgan fingerprint density at radius 1 is 1.00 bits per heavy atom. The van der Waals surface area contributed by atoms with E-state index < -0.39 is 5.91 Å². The summed E-state index contributed by atoms with van der Waals surface area (Å²) in [5, 5.41) is 3.35. The maximum atomic E-state index is 12.5. The molecule has 110 valence electrons. The third-order valence-corrected chi connectivity index (χ3v) is 3.75.